The number of benzene rings is 2. The first-order valence-corrected chi connectivity index (χ1v) is 12.4. The topological polar surface area (TPSA) is 60.3 Å². The van der Waals surface area contributed by atoms with E-state index in [9.17, 15) is 21.6 Å². The molecule has 0 bridgehead atoms. The molecule has 10 heteroatoms. The van der Waals surface area contributed by atoms with Crippen molar-refractivity contribution in [3.63, 3.8) is 0 Å². The third-order valence-corrected chi connectivity index (χ3v) is 7.42. The molecular weight excluding hydrogens is 472 g/mol. The lowest BCUT2D eigenvalue weighted by Gasteiger charge is -2.20. The van der Waals surface area contributed by atoms with Gasteiger partial charge >= 0.3 is 6.36 Å². The second-order valence-corrected chi connectivity index (χ2v) is 11.8. The van der Waals surface area contributed by atoms with Crippen LogP contribution in [0.5, 0.6) is 5.75 Å². The van der Waals surface area contributed by atoms with Crippen molar-refractivity contribution in [3.05, 3.63) is 54.0 Å². The third kappa shape index (κ3) is 5.55. The van der Waals surface area contributed by atoms with Crippen LogP contribution in [0.1, 0.15) is 39.2 Å². The Kier molecular flexibility index (Phi) is 6.18. The molecule has 1 aliphatic rings. The van der Waals surface area contributed by atoms with Gasteiger partial charge in [-0.3, -0.25) is 0 Å². The zero-order valence-corrected chi connectivity index (χ0v) is 19.9. The maximum atomic E-state index is 15.3. The summed E-state index contributed by atoms with van der Waals surface area (Å²) in [7, 11) is -3.44. The van der Waals surface area contributed by atoms with Gasteiger partial charge in [-0.05, 0) is 42.0 Å². The highest BCUT2D eigenvalue weighted by Crippen LogP contribution is 2.38. The van der Waals surface area contributed by atoms with Crippen molar-refractivity contribution in [2.24, 2.45) is 5.41 Å². The molecule has 0 saturated heterocycles. The first-order valence-electron chi connectivity index (χ1n) is 10.9. The molecular formula is C24H26F4N2O3S. The van der Waals surface area contributed by atoms with Crippen molar-refractivity contribution < 1.29 is 30.7 Å². The molecule has 2 aromatic carbocycles. The van der Waals surface area contributed by atoms with Crippen molar-refractivity contribution in [1.82, 2.24) is 9.29 Å². The first-order chi connectivity index (χ1) is 15.7. The minimum Gasteiger partial charge on any atom is -0.405 e. The quantitative estimate of drug-likeness (QED) is 0.408. The number of rotatable bonds is 7. The van der Waals surface area contributed by atoms with E-state index in [4.69, 9.17) is 0 Å². The summed E-state index contributed by atoms with van der Waals surface area (Å²) in [5.41, 5.74) is 0.953. The Balaban J connectivity index is 1.81. The highest BCUT2D eigenvalue weighted by atomic mass is 32.2. The molecule has 1 aromatic heterocycles. The molecule has 0 unspecified atom stereocenters. The van der Waals surface area contributed by atoms with E-state index >= 15 is 4.39 Å². The molecule has 5 nitrogen and oxygen atoms in total. The lowest BCUT2D eigenvalue weighted by atomic mass is 9.96. The summed E-state index contributed by atoms with van der Waals surface area (Å²) in [4.78, 5) is 0. The average molecular weight is 499 g/mol. The summed E-state index contributed by atoms with van der Waals surface area (Å²) >= 11 is 0. The summed E-state index contributed by atoms with van der Waals surface area (Å²) in [5, 5.41) is 0.113. The fourth-order valence-electron chi connectivity index (χ4n) is 3.95. The van der Waals surface area contributed by atoms with Gasteiger partial charge in [-0.15, -0.1) is 13.2 Å². The fourth-order valence-corrected chi connectivity index (χ4v) is 5.30. The van der Waals surface area contributed by atoms with Crippen LogP contribution in [0.25, 0.3) is 22.0 Å². The Labute approximate surface area is 195 Å². The molecule has 1 aliphatic carbocycles. The van der Waals surface area contributed by atoms with Crippen LogP contribution in [0.15, 0.2) is 42.6 Å². The summed E-state index contributed by atoms with van der Waals surface area (Å²) in [5.74, 6) is -1.23. The molecule has 184 valence electrons. The standard InChI is InChI=1S/C24H26F4N2O3S/c1-23(2,3)14-30-13-15(12-29-34(31,32)16-8-9-16)18-10-20(25)19(11-21(18)30)17-6-4-5-7-22(17)33-24(26,27)28/h4-7,10-11,13,16,29H,8-9,12,14H2,1-3H3. The van der Waals surface area contributed by atoms with Crippen LogP contribution in [0.4, 0.5) is 17.6 Å². The molecule has 0 spiro atoms. The Morgan fingerprint density at radius 3 is 2.38 bits per heavy atom. The molecule has 0 amide bonds. The number of aromatic nitrogens is 1. The molecule has 1 heterocycles. The van der Waals surface area contributed by atoms with E-state index in [1.165, 1.54) is 30.3 Å². The van der Waals surface area contributed by atoms with Gasteiger partial charge in [0.1, 0.15) is 11.6 Å². The number of nitrogens with zero attached hydrogens (tertiary/aromatic N) is 1. The highest BCUT2D eigenvalue weighted by Gasteiger charge is 2.35. The number of halogens is 4. The molecule has 0 atom stereocenters. The van der Waals surface area contributed by atoms with Crippen LogP contribution in [-0.4, -0.2) is 24.6 Å². The second kappa shape index (κ2) is 8.57. The number of hydrogen-bond acceptors (Lipinski definition) is 3. The van der Waals surface area contributed by atoms with Gasteiger partial charge in [0.2, 0.25) is 10.0 Å². The first kappa shape index (κ1) is 24.5. The predicted molar refractivity (Wildman–Crippen MR) is 122 cm³/mol. The number of para-hydroxylation sites is 1. The van der Waals surface area contributed by atoms with Crippen LogP contribution >= 0.6 is 0 Å². The normalized spacial score (nSPS) is 15.1. The summed E-state index contributed by atoms with van der Waals surface area (Å²) < 4.78 is 87.2. The Bertz CT molecular complexity index is 1320. The van der Waals surface area contributed by atoms with Crippen LogP contribution in [-0.2, 0) is 23.1 Å². The predicted octanol–water partition coefficient (Wildman–Crippen LogP) is 5.97. The number of hydrogen-bond donors (Lipinski definition) is 1. The van der Waals surface area contributed by atoms with Crippen LogP contribution in [0.2, 0.25) is 0 Å². The summed E-state index contributed by atoms with van der Waals surface area (Å²) in [6.07, 6.45) is -1.90. The molecule has 3 aromatic rings. The maximum absolute atomic E-state index is 15.3. The van der Waals surface area contributed by atoms with E-state index in [1.807, 2.05) is 25.3 Å². The van der Waals surface area contributed by atoms with E-state index in [0.29, 0.717) is 35.9 Å². The average Bonchev–Trinajstić information content (AvgIpc) is 3.51. The van der Waals surface area contributed by atoms with E-state index in [1.54, 1.807) is 6.20 Å². The molecule has 0 aliphatic heterocycles. The van der Waals surface area contributed by atoms with Gasteiger partial charge in [0.05, 0.1) is 5.25 Å². The summed E-state index contributed by atoms with van der Waals surface area (Å²) in [6, 6.07) is 8.14. The number of alkyl halides is 3. The van der Waals surface area contributed by atoms with Gasteiger partial charge in [0.15, 0.2) is 0 Å². The van der Waals surface area contributed by atoms with Crippen molar-refractivity contribution in [1.29, 1.82) is 0 Å². The SMILES string of the molecule is CC(C)(C)Cn1cc(CNS(=O)(=O)C2CC2)c2cc(F)c(-c3ccccc3OC(F)(F)F)cc21. The van der Waals surface area contributed by atoms with Gasteiger partial charge in [-0.1, -0.05) is 39.0 Å². The van der Waals surface area contributed by atoms with E-state index in [-0.39, 0.29) is 28.3 Å². The van der Waals surface area contributed by atoms with Crippen LogP contribution < -0.4 is 9.46 Å². The third-order valence-electron chi connectivity index (χ3n) is 5.53. The molecule has 1 fully saturated rings. The Hall–Kier alpha value is -2.59. The minimum absolute atomic E-state index is 0.000958. The molecule has 4 rings (SSSR count). The number of ether oxygens (including phenoxy) is 1. The summed E-state index contributed by atoms with van der Waals surface area (Å²) in [6.45, 7) is 6.59. The molecule has 1 N–H and O–H groups in total. The molecule has 34 heavy (non-hydrogen) atoms. The number of fused-ring (bicyclic) bond motifs is 1. The van der Waals surface area contributed by atoms with E-state index < -0.39 is 28.0 Å². The Morgan fingerprint density at radius 2 is 1.76 bits per heavy atom. The lowest BCUT2D eigenvalue weighted by Crippen LogP contribution is -2.26. The minimum atomic E-state index is -4.92. The van der Waals surface area contributed by atoms with Gasteiger partial charge in [-0.2, -0.15) is 0 Å². The molecule has 1 saturated carbocycles. The monoisotopic (exact) mass is 498 g/mol. The van der Waals surface area contributed by atoms with Gasteiger partial charge in [0, 0.05) is 41.3 Å². The zero-order valence-electron chi connectivity index (χ0n) is 19.0. The van der Waals surface area contributed by atoms with E-state index in [2.05, 4.69) is 9.46 Å². The van der Waals surface area contributed by atoms with Gasteiger partial charge in [-0.25, -0.2) is 17.5 Å². The highest BCUT2D eigenvalue weighted by molar-refractivity contribution is 7.90. The zero-order chi connectivity index (χ0) is 24.9. The van der Waals surface area contributed by atoms with Crippen LogP contribution in [0.3, 0.4) is 0 Å². The molecule has 0 radical (unpaired) electrons. The number of nitrogens with one attached hydrogen (secondary N) is 1. The van der Waals surface area contributed by atoms with Crippen molar-refractivity contribution in [2.75, 3.05) is 0 Å². The Morgan fingerprint density at radius 1 is 1.09 bits per heavy atom. The number of sulfonamides is 1. The fraction of sp³-hybridized carbons (Fsp3) is 0.417. The second-order valence-electron chi connectivity index (χ2n) is 9.80. The van der Waals surface area contributed by atoms with Crippen molar-refractivity contribution in [3.8, 4) is 16.9 Å². The van der Waals surface area contributed by atoms with Crippen molar-refractivity contribution >= 4 is 20.9 Å². The van der Waals surface area contributed by atoms with Gasteiger partial charge in [0.25, 0.3) is 0 Å². The maximum Gasteiger partial charge on any atom is 0.573 e. The van der Waals surface area contributed by atoms with Crippen molar-refractivity contribution in [2.45, 2.75) is 58.3 Å². The van der Waals surface area contributed by atoms with E-state index in [0.717, 1.165) is 6.07 Å². The largest absolute Gasteiger partial charge is 0.573 e. The smallest absolute Gasteiger partial charge is 0.405 e. The van der Waals surface area contributed by atoms with Gasteiger partial charge < -0.3 is 9.30 Å². The lowest BCUT2D eigenvalue weighted by molar-refractivity contribution is -0.274. The van der Waals surface area contributed by atoms with Crippen LogP contribution in [0, 0.1) is 11.2 Å².